The summed E-state index contributed by atoms with van der Waals surface area (Å²) in [4.78, 5) is 36.1. The van der Waals surface area contributed by atoms with Crippen molar-refractivity contribution < 1.29 is 4.79 Å². The summed E-state index contributed by atoms with van der Waals surface area (Å²) in [5.74, 6) is -0.0861. The highest BCUT2D eigenvalue weighted by atomic mass is 32.2. The number of rotatable bonds is 7. The second-order valence-electron chi connectivity index (χ2n) is 8.12. The Morgan fingerprint density at radius 3 is 2.69 bits per heavy atom. The normalized spacial score (nSPS) is 11.3. The molecule has 2 aromatic carbocycles. The van der Waals surface area contributed by atoms with Crippen molar-refractivity contribution in [3.63, 3.8) is 0 Å². The topological polar surface area (TPSA) is 76.9 Å². The van der Waals surface area contributed by atoms with Gasteiger partial charge in [0.15, 0.2) is 10.3 Å². The van der Waals surface area contributed by atoms with Crippen LogP contribution >= 0.6 is 34.4 Å². The minimum absolute atomic E-state index is 0.111. The van der Waals surface area contributed by atoms with Crippen molar-refractivity contribution in [3.8, 4) is 11.1 Å². The van der Waals surface area contributed by atoms with E-state index in [2.05, 4.69) is 16.9 Å². The zero-order valence-corrected chi connectivity index (χ0v) is 21.6. The van der Waals surface area contributed by atoms with Crippen LogP contribution < -0.4 is 10.9 Å². The first-order valence-corrected chi connectivity index (χ1v) is 13.6. The molecule has 0 fully saturated rings. The van der Waals surface area contributed by atoms with Gasteiger partial charge in [-0.3, -0.25) is 14.2 Å². The van der Waals surface area contributed by atoms with Crippen molar-refractivity contribution in [2.24, 2.45) is 0 Å². The highest BCUT2D eigenvalue weighted by molar-refractivity contribution is 7.99. The Balaban J connectivity index is 1.40. The van der Waals surface area contributed by atoms with Crippen molar-refractivity contribution in [3.05, 3.63) is 82.0 Å². The molecule has 0 unspecified atom stereocenters. The summed E-state index contributed by atoms with van der Waals surface area (Å²) < 4.78 is 2.60. The Hall–Kier alpha value is -3.27. The highest BCUT2D eigenvalue weighted by Gasteiger charge is 2.18. The number of allylic oxidation sites excluding steroid dienone is 1. The van der Waals surface area contributed by atoms with Gasteiger partial charge in [-0.25, -0.2) is 9.97 Å². The summed E-state index contributed by atoms with van der Waals surface area (Å²) in [6.07, 6.45) is 1.67. The number of thiophene rings is 1. The molecule has 0 saturated heterocycles. The van der Waals surface area contributed by atoms with Crippen LogP contribution in [-0.4, -0.2) is 26.2 Å². The average Bonchev–Trinajstić information content (AvgIpc) is 3.43. The van der Waals surface area contributed by atoms with E-state index in [0.29, 0.717) is 27.0 Å². The highest BCUT2D eigenvalue weighted by Crippen LogP contribution is 2.32. The van der Waals surface area contributed by atoms with Crippen molar-refractivity contribution >= 4 is 65.9 Å². The number of anilines is 1. The van der Waals surface area contributed by atoms with Crippen molar-refractivity contribution in [1.29, 1.82) is 0 Å². The van der Waals surface area contributed by atoms with Crippen molar-refractivity contribution in [2.45, 2.75) is 25.5 Å². The number of benzene rings is 2. The van der Waals surface area contributed by atoms with Gasteiger partial charge in [-0.1, -0.05) is 65.1 Å². The quantitative estimate of drug-likeness (QED) is 0.156. The number of hydrogen-bond donors (Lipinski definition) is 1. The fourth-order valence-corrected chi connectivity index (χ4v) is 6.39. The number of fused-ring (bicyclic) bond motifs is 2. The zero-order valence-electron chi connectivity index (χ0n) is 19.2. The fourth-order valence-electron chi connectivity index (χ4n) is 3.73. The van der Waals surface area contributed by atoms with Crippen molar-refractivity contribution in [1.82, 2.24) is 14.5 Å². The van der Waals surface area contributed by atoms with Crippen LogP contribution in [0.2, 0.25) is 0 Å². The van der Waals surface area contributed by atoms with Crippen LogP contribution in [0.15, 0.2) is 70.5 Å². The molecule has 1 N–H and O–H groups in total. The van der Waals surface area contributed by atoms with E-state index in [1.807, 2.05) is 61.7 Å². The number of amides is 1. The molecule has 5 rings (SSSR count). The summed E-state index contributed by atoms with van der Waals surface area (Å²) in [7, 11) is 0. The molecule has 0 aliphatic carbocycles. The molecular weight excluding hydrogens is 497 g/mol. The molecule has 6 nitrogen and oxygen atoms in total. The first-order chi connectivity index (χ1) is 16.9. The molecule has 35 heavy (non-hydrogen) atoms. The number of thiazole rings is 1. The van der Waals surface area contributed by atoms with Gasteiger partial charge in [0.2, 0.25) is 5.91 Å². The predicted octanol–water partition coefficient (Wildman–Crippen LogP) is 6.27. The van der Waals surface area contributed by atoms with Crippen LogP contribution in [0.1, 0.15) is 11.1 Å². The van der Waals surface area contributed by atoms with Gasteiger partial charge in [0.05, 0.1) is 21.4 Å². The molecule has 0 aliphatic heterocycles. The maximum Gasteiger partial charge on any atom is 0.263 e. The number of hydrogen-bond acceptors (Lipinski definition) is 7. The first-order valence-electron chi connectivity index (χ1n) is 10.9. The minimum Gasteiger partial charge on any atom is -0.301 e. The Kier molecular flexibility index (Phi) is 6.55. The molecule has 9 heteroatoms. The fraction of sp³-hybridized carbons (Fsp3) is 0.154. The van der Waals surface area contributed by atoms with Crippen LogP contribution in [0.4, 0.5) is 5.13 Å². The third kappa shape index (κ3) is 4.80. The molecular formula is C26H22N4O2S3. The lowest BCUT2D eigenvalue weighted by molar-refractivity contribution is -0.113. The maximum absolute atomic E-state index is 13.5. The SMILES string of the molecule is C=CCn1c(SCC(=O)Nc2nc3cc(C)ccc3s2)nc2scc(-c3ccc(C)cc3)c2c1=O. The van der Waals surface area contributed by atoms with Crippen molar-refractivity contribution in [2.75, 3.05) is 11.1 Å². The Labute approximate surface area is 214 Å². The van der Waals surface area contributed by atoms with Gasteiger partial charge in [-0.05, 0) is 37.1 Å². The van der Waals surface area contributed by atoms with E-state index < -0.39 is 0 Å². The smallest absolute Gasteiger partial charge is 0.263 e. The molecule has 176 valence electrons. The molecule has 3 aromatic heterocycles. The van der Waals surface area contributed by atoms with E-state index in [1.54, 1.807) is 10.6 Å². The zero-order chi connectivity index (χ0) is 24.5. The van der Waals surface area contributed by atoms with Gasteiger partial charge >= 0.3 is 0 Å². The lowest BCUT2D eigenvalue weighted by Gasteiger charge is -2.10. The summed E-state index contributed by atoms with van der Waals surface area (Å²) in [6, 6.07) is 14.1. The standard InChI is InChI=1S/C26H22N4O2S3/c1-4-11-30-24(32)22-18(17-8-5-15(2)6-9-17)13-33-23(22)29-26(30)34-14-21(31)28-25-27-19-12-16(3)7-10-20(19)35-25/h4-10,12-13H,1,11,14H2,2-3H3,(H,27,28,31). The lowest BCUT2D eigenvalue weighted by atomic mass is 10.1. The maximum atomic E-state index is 13.5. The third-order valence-corrected chi connectivity index (χ3v) is 8.26. The minimum atomic E-state index is -0.197. The average molecular weight is 519 g/mol. The van der Waals surface area contributed by atoms with Gasteiger partial charge in [0, 0.05) is 17.5 Å². The summed E-state index contributed by atoms with van der Waals surface area (Å²) in [5, 5.41) is 6.49. The van der Waals surface area contributed by atoms with Gasteiger partial charge in [0.1, 0.15) is 4.83 Å². The second-order valence-corrected chi connectivity index (χ2v) is 11.0. The largest absolute Gasteiger partial charge is 0.301 e. The molecule has 0 spiro atoms. The molecule has 0 atom stereocenters. The number of nitrogens with zero attached hydrogens (tertiary/aromatic N) is 3. The Bertz CT molecular complexity index is 1630. The van der Waals surface area contributed by atoms with E-state index in [0.717, 1.165) is 32.5 Å². The van der Waals surface area contributed by atoms with Crippen LogP contribution in [0.3, 0.4) is 0 Å². The number of aryl methyl sites for hydroxylation is 2. The Morgan fingerprint density at radius 2 is 1.91 bits per heavy atom. The van der Waals surface area contributed by atoms with E-state index in [9.17, 15) is 9.59 Å². The van der Waals surface area contributed by atoms with E-state index >= 15 is 0 Å². The second kappa shape index (κ2) is 9.77. The third-order valence-electron chi connectivity index (χ3n) is 5.45. The molecule has 0 saturated carbocycles. The molecule has 1 amide bonds. The number of nitrogens with one attached hydrogen (secondary N) is 1. The summed E-state index contributed by atoms with van der Waals surface area (Å²) in [6.45, 7) is 8.15. The number of carbonyl (C=O) groups excluding carboxylic acids is 1. The van der Waals surface area contributed by atoms with Gasteiger partial charge in [-0.15, -0.1) is 17.9 Å². The summed E-state index contributed by atoms with van der Waals surface area (Å²) in [5.41, 5.74) is 4.88. The molecule has 3 heterocycles. The predicted molar refractivity (Wildman–Crippen MR) is 148 cm³/mol. The monoisotopic (exact) mass is 518 g/mol. The van der Waals surface area contributed by atoms with Crippen LogP contribution in [-0.2, 0) is 11.3 Å². The van der Waals surface area contributed by atoms with Crippen LogP contribution in [0.5, 0.6) is 0 Å². The molecule has 5 aromatic rings. The molecule has 0 bridgehead atoms. The van der Waals surface area contributed by atoms with Gasteiger partial charge in [0.25, 0.3) is 5.56 Å². The van der Waals surface area contributed by atoms with Gasteiger partial charge < -0.3 is 5.32 Å². The molecule has 0 radical (unpaired) electrons. The first kappa shape index (κ1) is 23.5. The van der Waals surface area contributed by atoms with Crippen LogP contribution in [0, 0.1) is 13.8 Å². The van der Waals surface area contributed by atoms with E-state index in [4.69, 9.17) is 4.98 Å². The molecule has 0 aliphatic rings. The van der Waals surface area contributed by atoms with Crippen LogP contribution in [0.25, 0.3) is 31.6 Å². The number of carbonyl (C=O) groups is 1. The number of aromatic nitrogens is 3. The van der Waals surface area contributed by atoms with E-state index in [1.165, 1.54) is 34.4 Å². The lowest BCUT2D eigenvalue weighted by Crippen LogP contribution is -2.23. The van der Waals surface area contributed by atoms with Gasteiger partial charge in [-0.2, -0.15) is 0 Å². The van der Waals surface area contributed by atoms with E-state index in [-0.39, 0.29) is 17.2 Å². The Morgan fingerprint density at radius 1 is 1.14 bits per heavy atom. The summed E-state index contributed by atoms with van der Waals surface area (Å²) >= 11 is 4.11. The number of thioether (sulfide) groups is 1.